The number of ether oxygens (including phenoxy) is 1. The highest BCUT2D eigenvalue weighted by Crippen LogP contribution is 2.18. The van der Waals surface area contributed by atoms with E-state index >= 15 is 0 Å². The van der Waals surface area contributed by atoms with Crippen molar-refractivity contribution in [2.75, 3.05) is 29.1 Å². The zero-order chi connectivity index (χ0) is 19.6. The van der Waals surface area contributed by atoms with Crippen LogP contribution < -0.4 is 20.7 Å². The molecule has 2 amide bonds. The Bertz CT molecular complexity index is 801. The van der Waals surface area contributed by atoms with Crippen LogP contribution in [-0.2, 0) is 9.59 Å². The van der Waals surface area contributed by atoms with Crippen molar-refractivity contribution < 1.29 is 14.3 Å². The molecule has 0 unspecified atom stereocenters. The number of carbonyl (C=O) groups is 2. The third-order valence-electron chi connectivity index (χ3n) is 3.55. The molecule has 0 atom stereocenters. The summed E-state index contributed by atoms with van der Waals surface area (Å²) in [6.45, 7) is 8.07. The van der Waals surface area contributed by atoms with Gasteiger partial charge in [0.1, 0.15) is 12.4 Å². The van der Waals surface area contributed by atoms with Crippen molar-refractivity contribution in [2.24, 2.45) is 0 Å². The van der Waals surface area contributed by atoms with Crippen LogP contribution in [0, 0.1) is 0 Å². The van der Waals surface area contributed by atoms with Gasteiger partial charge in [-0.2, -0.15) is 0 Å². The van der Waals surface area contributed by atoms with Crippen LogP contribution >= 0.6 is 0 Å². The molecular formula is C21H25N3O3. The van der Waals surface area contributed by atoms with Gasteiger partial charge < -0.3 is 20.7 Å². The third-order valence-corrected chi connectivity index (χ3v) is 3.55. The summed E-state index contributed by atoms with van der Waals surface area (Å²) in [5.74, 6) is 0.493. The minimum absolute atomic E-state index is 0.0505. The fraction of sp³-hybridized carbons (Fsp3) is 0.238. The van der Waals surface area contributed by atoms with Gasteiger partial charge in [0.25, 0.3) is 0 Å². The van der Waals surface area contributed by atoms with Gasteiger partial charge in [-0.3, -0.25) is 9.59 Å². The van der Waals surface area contributed by atoms with E-state index in [0.717, 1.165) is 11.3 Å². The molecule has 0 fully saturated rings. The monoisotopic (exact) mass is 367 g/mol. The van der Waals surface area contributed by atoms with E-state index in [2.05, 4.69) is 22.5 Å². The molecule has 0 heterocycles. The molecule has 0 saturated carbocycles. The summed E-state index contributed by atoms with van der Waals surface area (Å²) in [4.78, 5) is 23.5. The van der Waals surface area contributed by atoms with Crippen molar-refractivity contribution in [2.45, 2.75) is 20.3 Å². The van der Waals surface area contributed by atoms with Crippen molar-refractivity contribution in [1.82, 2.24) is 0 Å². The Kier molecular flexibility index (Phi) is 7.43. The van der Waals surface area contributed by atoms with Crippen LogP contribution in [0.2, 0.25) is 0 Å². The lowest BCUT2D eigenvalue weighted by Crippen LogP contribution is -2.21. The van der Waals surface area contributed by atoms with E-state index < -0.39 is 0 Å². The topological polar surface area (TPSA) is 79.5 Å². The Balaban J connectivity index is 1.83. The Morgan fingerprint density at radius 1 is 0.963 bits per heavy atom. The first-order chi connectivity index (χ1) is 13.0. The number of nitrogens with one attached hydrogen (secondary N) is 3. The number of anilines is 3. The maximum Gasteiger partial charge on any atom is 0.243 e. The van der Waals surface area contributed by atoms with Gasteiger partial charge in [0.15, 0.2) is 0 Å². The van der Waals surface area contributed by atoms with Crippen molar-refractivity contribution in [3.8, 4) is 5.75 Å². The lowest BCUT2D eigenvalue weighted by molar-refractivity contribution is -0.116. The molecule has 0 spiro atoms. The maximum atomic E-state index is 12.1. The Labute approximate surface area is 159 Å². The van der Waals surface area contributed by atoms with E-state index in [1.807, 2.05) is 31.2 Å². The third kappa shape index (κ3) is 7.23. The van der Waals surface area contributed by atoms with Gasteiger partial charge in [-0.15, -0.1) is 0 Å². The summed E-state index contributed by atoms with van der Waals surface area (Å²) in [5.41, 5.74) is 3.09. The zero-order valence-electron chi connectivity index (χ0n) is 15.7. The number of rotatable bonds is 9. The van der Waals surface area contributed by atoms with Crippen LogP contribution in [0.15, 0.2) is 60.7 Å². The molecular weight excluding hydrogens is 342 g/mol. The fourth-order valence-corrected chi connectivity index (χ4v) is 2.18. The Morgan fingerprint density at radius 2 is 1.59 bits per heavy atom. The van der Waals surface area contributed by atoms with Crippen LogP contribution in [0.1, 0.15) is 20.3 Å². The maximum absolute atomic E-state index is 12.1. The first-order valence-corrected chi connectivity index (χ1v) is 8.77. The predicted octanol–water partition coefficient (Wildman–Crippen LogP) is 4.04. The molecule has 0 aliphatic carbocycles. The molecule has 0 radical (unpaired) electrons. The summed E-state index contributed by atoms with van der Waals surface area (Å²) in [5, 5.41) is 8.63. The summed E-state index contributed by atoms with van der Waals surface area (Å²) >= 11 is 0. The van der Waals surface area contributed by atoms with Crippen LogP contribution in [-0.4, -0.2) is 25.0 Å². The van der Waals surface area contributed by atoms with Crippen LogP contribution in [0.4, 0.5) is 17.1 Å². The van der Waals surface area contributed by atoms with Gasteiger partial charge in [0.2, 0.25) is 11.8 Å². The van der Waals surface area contributed by atoms with E-state index in [-0.39, 0.29) is 18.4 Å². The van der Waals surface area contributed by atoms with Crippen LogP contribution in [0.25, 0.3) is 0 Å². The van der Waals surface area contributed by atoms with Crippen molar-refractivity contribution in [1.29, 1.82) is 0 Å². The lowest BCUT2D eigenvalue weighted by Gasteiger charge is -2.11. The van der Waals surface area contributed by atoms with Gasteiger partial charge in [-0.05, 0) is 48.9 Å². The summed E-state index contributed by atoms with van der Waals surface area (Å²) in [6.07, 6.45) is 0.420. The highest BCUT2D eigenvalue weighted by molar-refractivity contribution is 5.94. The van der Waals surface area contributed by atoms with Gasteiger partial charge in [-0.1, -0.05) is 19.6 Å². The van der Waals surface area contributed by atoms with E-state index in [0.29, 0.717) is 30.2 Å². The van der Waals surface area contributed by atoms with Crippen molar-refractivity contribution in [3.05, 3.63) is 60.7 Å². The van der Waals surface area contributed by atoms with E-state index in [1.165, 1.54) is 0 Å². The predicted molar refractivity (Wildman–Crippen MR) is 109 cm³/mol. The van der Waals surface area contributed by atoms with E-state index in [9.17, 15) is 9.59 Å². The normalized spacial score (nSPS) is 10.0. The molecule has 27 heavy (non-hydrogen) atoms. The van der Waals surface area contributed by atoms with Crippen molar-refractivity contribution in [3.63, 3.8) is 0 Å². The second-order valence-corrected chi connectivity index (χ2v) is 6.15. The average Bonchev–Trinajstić information content (AvgIpc) is 2.66. The molecule has 0 aliphatic heterocycles. The smallest absolute Gasteiger partial charge is 0.243 e. The first kappa shape index (κ1) is 20.0. The molecule has 2 rings (SSSR count). The molecule has 0 aliphatic rings. The molecule has 0 saturated heterocycles. The number of benzene rings is 2. The first-order valence-electron chi connectivity index (χ1n) is 8.77. The number of hydrogen-bond donors (Lipinski definition) is 3. The minimum atomic E-state index is -0.173. The molecule has 6 heteroatoms. The van der Waals surface area contributed by atoms with Crippen LogP contribution in [0.3, 0.4) is 0 Å². The zero-order valence-corrected chi connectivity index (χ0v) is 15.7. The number of amides is 2. The van der Waals surface area contributed by atoms with Gasteiger partial charge in [-0.25, -0.2) is 0 Å². The SMILES string of the molecule is C=C(C)COc1cccc(NCC(=O)Nc2ccc(NC(=O)CC)cc2)c1. The Hall–Kier alpha value is -3.28. The highest BCUT2D eigenvalue weighted by atomic mass is 16.5. The molecule has 0 aromatic heterocycles. The number of carbonyl (C=O) groups excluding carboxylic acids is 2. The summed E-state index contributed by atoms with van der Waals surface area (Å²) in [6, 6.07) is 14.4. The Morgan fingerprint density at radius 3 is 2.19 bits per heavy atom. The van der Waals surface area contributed by atoms with Crippen LogP contribution in [0.5, 0.6) is 5.75 Å². The quantitative estimate of drug-likeness (QED) is 0.585. The van der Waals surface area contributed by atoms with Crippen molar-refractivity contribution >= 4 is 28.9 Å². The molecule has 2 aromatic carbocycles. The lowest BCUT2D eigenvalue weighted by atomic mass is 10.2. The highest BCUT2D eigenvalue weighted by Gasteiger charge is 2.04. The standard InChI is InChI=1S/C21H25N3O3/c1-4-20(25)23-16-8-10-17(11-9-16)24-21(26)13-22-18-6-5-7-19(12-18)27-14-15(2)3/h5-12,22H,2,4,13-14H2,1,3H3,(H,23,25)(H,24,26). The molecule has 6 nitrogen and oxygen atoms in total. The fourth-order valence-electron chi connectivity index (χ4n) is 2.18. The van der Waals surface area contributed by atoms with E-state index in [1.54, 1.807) is 31.2 Å². The second-order valence-electron chi connectivity index (χ2n) is 6.15. The largest absolute Gasteiger partial charge is 0.489 e. The minimum Gasteiger partial charge on any atom is -0.489 e. The van der Waals surface area contributed by atoms with Gasteiger partial charge in [0.05, 0.1) is 6.54 Å². The molecule has 142 valence electrons. The number of hydrogen-bond acceptors (Lipinski definition) is 4. The van der Waals surface area contributed by atoms with E-state index in [4.69, 9.17) is 4.74 Å². The van der Waals surface area contributed by atoms with Gasteiger partial charge >= 0.3 is 0 Å². The average molecular weight is 367 g/mol. The second kappa shape index (κ2) is 10.0. The van der Waals surface area contributed by atoms with Gasteiger partial charge in [0, 0.05) is 29.5 Å². The summed E-state index contributed by atoms with van der Waals surface area (Å²) in [7, 11) is 0. The molecule has 3 N–H and O–H groups in total. The molecule has 0 bridgehead atoms. The molecule has 2 aromatic rings. The summed E-state index contributed by atoms with van der Waals surface area (Å²) < 4.78 is 5.59.